The van der Waals surface area contributed by atoms with Crippen molar-refractivity contribution >= 4 is 33.2 Å². The molecule has 0 atom stereocenters. The Balaban J connectivity index is 2.25. The second kappa shape index (κ2) is 4.89. The fourth-order valence-electron chi connectivity index (χ4n) is 1.63. The molecule has 0 aliphatic heterocycles. The smallest absolute Gasteiger partial charge is 0.262 e. The van der Waals surface area contributed by atoms with E-state index >= 15 is 0 Å². The summed E-state index contributed by atoms with van der Waals surface area (Å²) in [6.07, 6.45) is 0. The third-order valence-corrected chi connectivity index (χ3v) is 3.94. The molecule has 1 heterocycles. The monoisotopic (exact) mass is 277 g/mol. The zero-order chi connectivity index (χ0) is 14.0. The van der Waals surface area contributed by atoms with Crippen LogP contribution in [0.25, 0.3) is 10.1 Å². The van der Waals surface area contributed by atoms with Gasteiger partial charge in [-0.15, -0.1) is 11.3 Å². The van der Waals surface area contributed by atoms with Gasteiger partial charge < -0.3 is 16.3 Å². The number of hydrogen-bond donors (Lipinski definition) is 3. The molecule has 0 spiro atoms. The van der Waals surface area contributed by atoms with Gasteiger partial charge in [0.15, 0.2) is 5.84 Å². The van der Waals surface area contributed by atoms with Crippen molar-refractivity contribution in [2.45, 2.75) is 19.4 Å². The lowest BCUT2D eigenvalue weighted by Gasteiger charge is -2.23. The highest BCUT2D eigenvalue weighted by atomic mass is 32.1. The number of rotatable bonds is 3. The van der Waals surface area contributed by atoms with Crippen LogP contribution in [0.5, 0.6) is 0 Å². The van der Waals surface area contributed by atoms with Gasteiger partial charge in [0, 0.05) is 4.70 Å². The van der Waals surface area contributed by atoms with Crippen molar-refractivity contribution in [2.24, 2.45) is 10.9 Å². The third kappa shape index (κ3) is 2.68. The summed E-state index contributed by atoms with van der Waals surface area (Å²) in [4.78, 5) is 12.8. The van der Waals surface area contributed by atoms with E-state index < -0.39 is 5.54 Å². The second-order valence-electron chi connectivity index (χ2n) is 4.71. The normalized spacial score (nSPS) is 12.6. The number of benzene rings is 1. The highest BCUT2D eigenvalue weighted by Crippen LogP contribution is 2.25. The van der Waals surface area contributed by atoms with Gasteiger partial charge in [-0.25, -0.2) is 0 Å². The molecule has 1 aromatic carbocycles. The van der Waals surface area contributed by atoms with Gasteiger partial charge in [0.05, 0.1) is 10.4 Å². The van der Waals surface area contributed by atoms with Crippen LogP contribution in [0.15, 0.2) is 35.5 Å². The van der Waals surface area contributed by atoms with Crippen molar-refractivity contribution in [2.75, 3.05) is 0 Å². The van der Waals surface area contributed by atoms with Gasteiger partial charge in [-0.1, -0.05) is 23.4 Å². The van der Waals surface area contributed by atoms with E-state index in [1.807, 2.05) is 30.3 Å². The Hall–Kier alpha value is -2.08. The summed E-state index contributed by atoms with van der Waals surface area (Å²) in [6.45, 7) is 3.35. The highest BCUT2D eigenvalue weighted by molar-refractivity contribution is 7.20. The molecular weight excluding hydrogens is 262 g/mol. The topological polar surface area (TPSA) is 87.7 Å². The number of oxime groups is 1. The maximum atomic E-state index is 12.2. The standard InChI is InChI=1S/C13H15N3O2S/c1-13(2,12(14)16-18)15-11(17)10-7-8-5-3-4-6-9(8)19-10/h3-7,18H,1-2H3,(H2,14,16)(H,15,17). The number of amidine groups is 1. The Morgan fingerprint density at radius 1 is 1.42 bits per heavy atom. The summed E-state index contributed by atoms with van der Waals surface area (Å²) >= 11 is 1.41. The zero-order valence-electron chi connectivity index (χ0n) is 10.7. The minimum Gasteiger partial charge on any atom is -0.409 e. The molecule has 1 amide bonds. The van der Waals surface area contributed by atoms with Gasteiger partial charge in [0.2, 0.25) is 0 Å². The summed E-state index contributed by atoms with van der Waals surface area (Å²) in [6, 6.07) is 9.61. The van der Waals surface area contributed by atoms with Gasteiger partial charge >= 0.3 is 0 Å². The van der Waals surface area contributed by atoms with Crippen molar-refractivity contribution in [1.29, 1.82) is 0 Å². The molecule has 0 aliphatic rings. The second-order valence-corrected chi connectivity index (χ2v) is 5.80. The first-order valence-corrected chi connectivity index (χ1v) is 6.55. The van der Waals surface area contributed by atoms with E-state index in [2.05, 4.69) is 10.5 Å². The summed E-state index contributed by atoms with van der Waals surface area (Å²) in [7, 11) is 0. The summed E-state index contributed by atoms with van der Waals surface area (Å²) in [5, 5.41) is 15.4. The van der Waals surface area contributed by atoms with Crippen molar-refractivity contribution in [3.63, 3.8) is 0 Å². The number of fused-ring (bicyclic) bond motifs is 1. The van der Waals surface area contributed by atoms with Crippen LogP contribution in [0, 0.1) is 0 Å². The van der Waals surface area contributed by atoms with E-state index in [1.54, 1.807) is 13.8 Å². The predicted octanol–water partition coefficient (Wildman–Crippen LogP) is 2.16. The molecule has 0 bridgehead atoms. The number of nitrogens with one attached hydrogen (secondary N) is 1. The number of nitrogens with zero attached hydrogens (tertiary/aromatic N) is 1. The first kappa shape index (κ1) is 13.4. The van der Waals surface area contributed by atoms with Crippen LogP contribution in [-0.4, -0.2) is 22.5 Å². The summed E-state index contributed by atoms with van der Waals surface area (Å²) in [5.41, 5.74) is 4.64. The molecule has 0 fully saturated rings. The molecule has 6 heteroatoms. The maximum Gasteiger partial charge on any atom is 0.262 e. The van der Waals surface area contributed by atoms with Gasteiger partial charge in [-0.05, 0) is 31.4 Å². The Kier molecular flexibility index (Phi) is 3.44. The average molecular weight is 277 g/mol. The molecule has 1 aromatic heterocycles. The lowest BCUT2D eigenvalue weighted by atomic mass is 10.0. The fourth-order valence-corrected chi connectivity index (χ4v) is 2.59. The van der Waals surface area contributed by atoms with E-state index in [1.165, 1.54) is 11.3 Å². The number of amides is 1. The SMILES string of the molecule is CC(C)(NC(=O)c1cc2ccccc2s1)/C(N)=N/O. The minimum absolute atomic E-state index is 0.0399. The Labute approximate surface area is 114 Å². The predicted molar refractivity (Wildman–Crippen MR) is 76.8 cm³/mol. The lowest BCUT2D eigenvalue weighted by Crippen LogP contribution is -2.53. The summed E-state index contributed by atoms with van der Waals surface area (Å²) < 4.78 is 1.05. The van der Waals surface area contributed by atoms with Crippen molar-refractivity contribution in [3.8, 4) is 0 Å². The quantitative estimate of drug-likeness (QED) is 0.348. The molecule has 0 aliphatic carbocycles. The molecule has 2 rings (SSSR count). The first-order chi connectivity index (χ1) is 8.94. The van der Waals surface area contributed by atoms with Gasteiger partial charge in [-0.3, -0.25) is 4.79 Å². The Morgan fingerprint density at radius 2 is 2.11 bits per heavy atom. The average Bonchev–Trinajstić information content (AvgIpc) is 2.81. The van der Waals surface area contributed by atoms with Crippen LogP contribution >= 0.6 is 11.3 Å². The van der Waals surface area contributed by atoms with Crippen molar-refractivity contribution in [3.05, 3.63) is 35.2 Å². The van der Waals surface area contributed by atoms with Crippen LogP contribution in [0.3, 0.4) is 0 Å². The number of carbonyl (C=O) groups excluding carboxylic acids is 1. The fraction of sp³-hybridized carbons (Fsp3) is 0.231. The largest absolute Gasteiger partial charge is 0.409 e. The lowest BCUT2D eigenvalue weighted by molar-refractivity contribution is 0.0935. The van der Waals surface area contributed by atoms with Gasteiger partial charge in [0.25, 0.3) is 5.91 Å². The number of carbonyl (C=O) groups is 1. The van der Waals surface area contributed by atoms with Crippen molar-refractivity contribution < 1.29 is 10.0 Å². The highest BCUT2D eigenvalue weighted by Gasteiger charge is 2.26. The molecule has 2 aromatic rings. The first-order valence-electron chi connectivity index (χ1n) is 5.73. The molecule has 0 unspecified atom stereocenters. The van der Waals surface area contributed by atoms with Gasteiger partial charge in [0.1, 0.15) is 0 Å². The van der Waals surface area contributed by atoms with Crippen LogP contribution < -0.4 is 11.1 Å². The van der Waals surface area contributed by atoms with Crippen molar-refractivity contribution in [1.82, 2.24) is 5.32 Å². The molecule has 5 nitrogen and oxygen atoms in total. The number of thiophene rings is 1. The Morgan fingerprint density at radius 3 is 2.74 bits per heavy atom. The molecule has 0 saturated carbocycles. The third-order valence-electron chi connectivity index (χ3n) is 2.82. The molecule has 19 heavy (non-hydrogen) atoms. The van der Waals surface area contributed by atoms with Crippen LogP contribution in [0.4, 0.5) is 0 Å². The van der Waals surface area contributed by atoms with E-state index in [9.17, 15) is 4.79 Å². The van der Waals surface area contributed by atoms with Crippen LogP contribution in [-0.2, 0) is 0 Å². The van der Waals surface area contributed by atoms with E-state index in [-0.39, 0.29) is 11.7 Å². The molecular formula is C13H15N3O2S. The molecule has 0 radical (unpaired) electrons. The van der Waals surface area contributed by atoms with Crippen LogP contribution in [0.1, 0.15) is 23.5 Å². The number of hydrogen-bond acceptors (Lipinski definition) is 4. The van der Waals surface area contributed by atoms with E-state index in [0.29, 0.717) is 4.88 Å². The van der Waals surface area contributed by atoms with Gasteiger partial charge in [-0.2, -0.15) is 0 Å². The molecule has 100 valence electrons. The molecule has 4 N–H and O–H groups in total. The van der Waals surface area contributed by atoms with E-state index in [0.717, 1.165) is 10.1 Å². The van der Waals surface area contributed by atoms with E-state index in [4.69, 9.17) is 10.9 Å². The zero-order valence-corrected chi connectivity index (χ0v) is 11.5. The summed E-state index contributed by atoms with van der Waals surface area (Å²) in [5.74, 6) is -0.278. The Bertz CT molecular complexity index is 613. The maximum absolute atomic E-state index is 12.2. The van der Waals surface area contributed by atoms with Crippen LogP contribution in [0.2, 0.25) is 0 Å². The number of nitrogens with two attached hydrogens (primary N) is 1. The molecule has 0 saturated heterocycles. The minimum atomic E-state index is -0.901.